The molecule has 0 spiro atoms. The van der Waals surface area contributed by atoms with Crippen LogP contribution in [0.2, 0.25) is 0 Å². The summed E-state index contributed by atoms with van der Waals surface area (Å²) in [5.41, 5.74) is 0.226. The molecule has 1 atom stereocenters. The highest BCUT2D eigenvalue weighted by molar-refractivity contribution is 5.87. The van der Waals surface area contributed by atoms with Crippen LogP contribution in [-0.2, 0) is 9.47 Å². The number of rotatable bonds is 2. The first-order chi connectivity index (χ1) is 8.20. The summed E-state index contributed by atoms with van der Waals surface area (Å²) in [6.45, 7) is 4.16. The molecule has 1 aliphatic heterocycles. The SMILES string of the molecule is COC(=O)c1cncc(N2CCOC(C)C2)n1. The highest BCUT2D eigenvalue weighted by Gasteiger charge is 2.19. The smallest absolute Gasteiger partial charge is 0.358 e. The third-order valence-corrected chi connectivity index (χ3v) is 2.58. The molecule has 2 heterocycles. The molecule has 0 aromatic carbocycles. The van der Waals surface area contributed by atoms with E-state index in [0.29, 0.717) is 12.4 Å². The minimum atomic E-state index is -0.472. The minimum absolute atomic E-state index is 0.160. The van der Waals surface area contributed by atoms with Gasteiger partial charge in [0.25, 0.3) is 0 Å². The van der Waals surface area contributed by atoms with Crippen molar-refractivity contribution in [3.8, 4) is 0 Å². The Balaban J connectivity index is 2.17. The molecule has 0 bridgehead atoms. The van der Waals surface area contributed by atoms with Crippen LogP contribution >= 0.6 is 0 Å². The van der Waals surface area contributed by atoms with Crippen LogP contribution in [0.1, 0.15) is 17.4 Å². The van der Waals surface area contributed by atoms with Crippen molar-refractivity contribution in [3.05, 3.63) is 18.1 Å². The number of carbonyl (C=O) groups excluding carboxylic acids is 1. The Morgan fingerprint density at radius 3 is 3.12 bits per heavy atom. The summed E-state index contributed by atoms with van der Waals surface area (Å²) in [4.78, 5) is 21.6. The van der Waals surface area contributed by atoms with Crippen LogP contribution in [0.5, 0.6) is 0 Å². The normalized spacial score (nSPS) is 20.1. The maximum atomic E-state index is 11.3. The van der Waals surface area contributed by atoms with E-state index in [4.69, 9.17) is 4.74 Å². The molecule has 1 aliphatic rings. The Morgan fingerprint density at radius 2 is 2.41 bits per heavy atom. The summed E-state index contributed by atoms with van der Waals surface area (Å²) in [5.74, 6) is 0.212. The van der Waals surface area contributed by atoms with Gasteiger partial charge in [-0.15, -0.1) is 0 Å². The lowest BCUT2D eigenvalue weighted by molar-refractivity contribution is 0.0528. The number of ether oxygens (including phenoxy) is 2. The van der Waals surface area contributed by atoms with Crippen LogP contribution < -0.4 is 4.90 Å². The van der Waals surface area contributed by atoms with E-state index in [9.17, 15) is 4.79 Å². The molecule has 1 aromatic rings. The van der Waals surface area contributed by atoms with E-state index in [1.807, 2.05) is 11.8 Å². The molecule has 1 saturated heterocycles. The monoisotopic (exact) mass is 237 g/mol. The second-order valence-electron chi connectivity index (χ2n) is 3.88. The Hall–Kier alpha value is -1.69. The standard InChI is InChI=1S/C11H15N3O3/c1-8-7-14(3-4-17-8)10-6-12-5-9(13-10)11(15)16-2/h5-6,8H,3-4,7H2,1-2H3. The molecule has 1 aromatic heterocycles. The van der Waals surface area contributed by atoms with Gasteiger partial charge in [-0.05, 0) is 6.92 Å². The highest BCUT2D eigenvalue weighted by atomic mass is 16.5. The minimum Gasteiger partial charge on any atom is -0.464 e. The van der Waals surface area contributed by atoms with E-state index >= 15 is 0 Å². The first-order valence-corrected chi connectivity index (χ1v) is 5.47. The van der Waals surface area contributed by atoms with Crippen molar-refractivity contribution in [2.24, 2.45) is 0 Å². The Labute approximate surface area is 99.6 Å². The van der Waals surface area contributed by atoms with Gasteiger partial charge in [0.05, 0.1) is 32.2 Å². The van der Waals surface area contributed by atoms with Gasteiger partial charge in [0.1, 0.15) is 5.82 Å². The van der Waals surface area contributed by atoms with Crippen LogP contribution in [0.4, 0.5) is 5.82 Å². The second-order valence-corrected chi connectivity index (χ2v) is 3.88. The molecule has 0 saturated carbocycles. The fourth-order valence-corrected chi connectivity index (χ4v) is 1.74. The van der Waals surface area contributed by atoms with Gasteiger partial charge in [-0.3, -0.25) is 4.98 Å². The zero-order valence-electron chi connectivity index (χ0n) is 9.92. The van der Waals surface area contributed by atoms with Gasteiger partial charge < -0.3 is 14.4 Å². The molecule has 2 rings (SSSR count). The molecular formula is C11H15N3O3. The maximum Gasteiger partial charge on any atom is 0.358 e. The van der Waals surface area contributed by atoms with Gasteiger partial charge in [-0.2, -0.15) is 0 Å². The number of hydrogen-bond acceptors (Lipinski definition) is 6. The van der Waals surface area contributed by atoms with Crippen molar-refractivity contribution in [3.63, 3.8) is 0 Å². The van der Waals surface area contributed by atoms with Gasteiger partial charge in [-0.1, -0.05) is 0 Å². The average Bonchev–Trinajstić information content (AvgIpc) is 2.38. The Bertz CT molecular complexity index is 411. The summed E-state index contributed by atoms with van der Waals surface area (Å²) in [6, 6.07) is 0. The van der Waals surface area contributed by atoms with Crippen LogP contribution in [0.3, 0.4) is 0 Å². The van der Waals surface area contributed by atoms with Crippen molar-refractivity contribution >= 4 is 11.8 Å². The van der Waals surface area contributed by atoms with E-state index < -0.39 is 5.97 Å². The van der Waals surface area contributed by atoms with Crippen molar-refractivity contribution < 1.29 is 14.3 Å². The highest BCUT2D eigenvalue weighted by Crippen LogP contribution is 2.14. The van der Waals surface area contributed by atoms with E-state index in [1.54, 1.807) is 6.20 Å². The van der Waals surface area contributed by atoms with Crippen LogP contribution in [0, 0.1) is 0 Å². The molecule has 0 N–H and O–H groups in total. The van der Waals surface area contributed by atoms with Crippen molar-refractivity contribution in [2.75, 3.05) is 31.7 Å². The van der Waals surface area contributed by atoms with Crippen molar-refractivity contribution in [2.45, 2.75) is 13.0 Å². The summed E-state index contributed by atoms with van der Waals surface area (Å²) >= 11 is 0. The lowest BCUT2D eigenvalue weighted by atomic mass is 10.3. The molecule has 92 valence electrons. The number of aromatic nitrogens is 2. The molecule has 17 heavy (non-hydrogen) atoms. The molecule has 0 aliphatic carbocycles. The van der Waals surface area contributed by atoms with E-state index in [1.165, 1.54) is 13.3 Å². The number of anilines is 1. The quantitative estimate of drug-likeness (QED) is 0.697. The van der Waals surface area contributed by atoms with Crippen molar-refractivity contribution in [1.82, 2.24) is 9.97 Å². The van der Waals surface area contributed by atoms with E-state index in [0.717, 1.165) is 13.1 Å². The van der Waals surface area contributed by atoms with Gasteiger partial charge in [0.15, 0.2) is 5.69 Å². The first-order valence-electron chi connectivity index (χ1n) is 5.47. The van der Waals surface area contributed by atoms with Gasteiger partial charge in [-0.25, -0.2) is 9.78 Å². The Morgan fingerprint density at radius 1 is 1.59 bits per heavy atom. The van der Waals surface area contributed by atoms with Gasteiger partial charge in [0.2, 0.25) is 0 Å². The fourth-order valence-electron chi connectivity index (χ4n) is 1.74. The van der Waals surface area contributed by atoms with Crippen LogP contribution in [0.25, 0.3) is 0 Å². The number of methoxy groups -OCH3 is 1. The number of nitrogens with zero attached hydrogens (tertiary/aromatic N) is 3. The largest absolute Gasteiger partial charge is 0.464 e. The zero-order valence-corrected chi connectivity index (χ0v) is 9.92. The summed E-state index contributed by atoms with van der Waals surface area (Å²) in [5, 5.41) is 0. The number of esters is 1. The third-order valence-electron chi connectivity index (χ3n) is 2.58. The lowest BCUT2D eigenvalue weighted by Crippen LogP contribution is -2.41. The molecule has 0 amide bonds. The summed E-state index contributed by atoms with van der Waals surface area (Å²) in [7, 11) is 1.33. The third kappa shape index (κ3) is 2.71. The Kier molecular flexibility index (Phi) is 3.53. The topological polar surface area (TPSA) is 64.5 Å². The predicted octanol–water partition coefficient (Wildman–Crippen LogP) is 0.488. The molecule has 1 fully saturated rings. The maximum absolute atomic E-state index is 11.3. The second kappa shape index (κ2) is 5.09. The van der Waals surface area contributed by atoms with Crippen LogP contribution in [-0.4, -0.2) is 48.8 Å². The molecule has 6 heteroatoms. The first kappa shape index (κ1) is 11.8. The average molecular weight is 237 g/mol. The van der Waals surface area contributed by atoms with Gasteiger partial charge >= 0.3 is 5.97 Å². The van der Waals surface area contributed by atoms with Gasteiger partial charge in [0, 0.05) is 13.1 Å². The van der Waals surface area contributed by atoms with E-state index in [2.05, 4.69) is 14.7 Å². The molecule has 1 unspecified atom stereocenters. The number of carbonyl (C=O) groups is 1. The summed E-state index contributed by atoms with van der Waals surface area (Å²) in [6.07, 6.45) is 3.20. The summed E-state index contributed by atoms with van der Waals surface area (Å²) < 4.78 is 10.1. The lowest BCUT2D eigenvalue weighted by Gasteiger charge is -2.31. The molecule has 0 radical (unpaired) electrons. The fraction of sp³-hybridized carbons (Fsp3) is 0.545. The molecular weight excluding hydrogens is 222 g/mol. The number of morpholine rings is 1. The van der Waals surface area contributed by atoms with E-state index in [-0.39, 0.29) is 11.8 Å². The number of hydrogen-bond donors (Lipinski definition) is 0. The molecule has 6 nitrogen and oxygen atoms in total. The predicted molar refractivity (Wildman–Crippen MR) is 61.0 cm³/mol. The van der Waals surface area contributed by atoms with Crippen LogP contribution in [0.15, 0.2) is 12.4 Å². The zero-order chi connectivity index (χ0) is 12.3. The van der Waals surface area contributed by atoms with Crippen molar-refractivity contribution in [1.29, 1.82) is 0 Å².